The number of benzene rings is 1. The van der Waals surface area contributed by atoms with Crippen LogP contribution in [-0.4, -0.2) is 36.6 Å². The lowest BCUT2D eigenvalue weighted by Gasteiger charge is -2.31. The van der Waals surface area contributed by atoms with Crippen LogP contribution in [0.2, 0.25) is 5.02 Å². The van der Waals surface area contributed by atoms with E-state index in [9.17, 15) is 9.59 Å². The molecule has 2 atom stereocenters. The number of piperidine rings is 1. The molecule has 2 unspecified atom stereocenters. The Morgan fingerprint density at radius 3 is 2.74 bits per heavy atom. The lowest BCUT2D eigenvalue weighted by atomic mass is 9.96. The summed E-state index contributed by atoms with van der Waals surface area (Å²) in [5.41, 5.74) is 1.00. The molecule has 126 valence electrons. The molecule has 6 heteroatoms. The van der Waals surface area contributed by atoms with Crippen LogP contribution in [0.25, 0.3) is 0 Å². The third-order valence-corrected chi connectivity index (χ3v) is 4.30. The maximum Gasteiger partial charge on any atom is 0.409 e. The molecule has 1 N–H and O–H groups in total. The molecular formula is C17H23ClN2O3. The lowest BCUT2D eigenvalue weighted by Crippen LogP contribution is -2.46. The second kappa shape index (κ2) is 8.20. The van der Waals surface area contributed by atoms with Gasteiger partial charge in [0.1, 0.15) is 0 Å². The molecule has 5 nitrogen and oxygen atoms in total. The third-order valence-electron chi connectivity index (χ3n) is 4.05. The molecule has 1 aromatic rings. The molecule has 0 bridgehead atoms. The van der Waals surface area contributed by atoms with Crippen molar-refractivity contribution >= 4 is 23.6 Å². The molecule has 1 aromatic carbocycles. The monoisotopic (exact) mass is 338 g/mol. The molecule has 1 heterocycles. The van der Waals surface area contributed by atoms with Gasteiger partial charge in [-0.1, -0.05) is 23.7 Å². The summed E-state index contributed by atoms with van der Waals surface area (Å²) in [4.78, 5) is 25.9. The van der Waals surface area contributed by atoms with Crippen LogP contribution in [0.3, 0.4) is 0 Å². The second-order valence-electron chi connectivity index (χ2n) is 5.77. The van der Waals surface area contributed by atoms with Gasteiger partial charge in [0, 0.05) is 18.1 Å². The zero-order chi connectivity index (χ0) is 16.8. The molecule has 1 saturated heterocycles. The van der Waals surface area contributed by atoms with Crippen molar-refractivity contribution in [2.75, 3.05) is 19.7 Å². The van der Waals surface area contributed by atoms with E-state index < -0.39 is 0 Å². The Hall–Kier alpha value is -1.75. The minimum atomic E-state index is -0.337. The zero-order valence-corrected chi connectivity index (χ0v) is 14.3. The molecule has 0 aromatic heterocycles. The van der Waals surface area contributed by atoms with Gasteiger partial charge in [0.05, 0.1) is 18.6 Å². The Bertz CT molecular complexity index is 547. The van der Waals surface area contributed by atoms with E-state index in [4.69, 9.17) is 16.3 Å². The van der Waals surface area contributed by atoms with Crippen LogP contribution in [0.5, 0.6) is 0 Å². The molecule has 23 heavy (non-hydrogen) atoms. The number of carbonyl (C=O) groups excluding carboxylic acids is 2. The molecule has 1 fully saturated rings. The van der Waals surface area contributed by atoms with Gasteiger partial charge in [0.15, 0.2) is 0 Å². The number of halogens is 1. The van der Waals surface area contributed by atoms with Crippen molar-refractivity contribution in [2.45, 2.75) is 32.7 Å². The number of carbonyl (C=O) groups is 2. The Morgan fingerprint density at radius 1 is 1.39 bits per heavy atom. The predicted octanol–water partition coefficient (Wildman–Crippen LogP) is 3.39. The smallest absolute Gasteiger partial charge is 0.409 e. The van der Waals surface area contributed by atoms with E-state index in [2.05, 4.69) is 5.32 Å². The van der Waals surface area contributed by atoms with Crippen molar-refractivity contribution in [3.8, 4) is 0 Å². The van der Waals surface area contributed by atoms with Crippen molar-refractivity contribution in [3.63, 3.8) is 0 Å². The highest BCUT2D eigenvalue weighted by atomic mass is 35.5. The minimum absolute atomic E-state index is 0.0264. The standard InChI is InChI=1S/C17H23ClN2O3/c1-3-23-17(22)20-10-4-5-14(11-20)16(21)19-12(2)13-6-8-15(18)9-7-13/h6-9,12,14H,3-5,10-11H2,1-2H3,(H,19,21). The summed E-state index contributed by atoms with van der Waals surface area (Å²) in [5, 5.41) is 3.69. The fourth-order valence-electron chi connectivity index (χ4n) is 2.74. The average Bonchev–Trinajstić information content (AvgIpc) is 2.55. The van der Waals surface area contributed by atoms with Crippen LogP contribution in [0.4, 0.5) is 4.79 Å². The van der Waals surface area contributed by atoms with Gasteiger partial charge in [-0.2, -0.15) is 0 Å². The Morgan fingerprint density at radius 2 is 2.09 bits per heavy atom. The maximum absolute atomic E-state index is 12.5. The Labute approximate surface area is 141 Å². The summed E-state index contributed by atoms with van der Waals surface area (Å²) in [7, 11) is 0. The minimum Gasteiger partial charge on any atom is -0.450 e. The summed E-state index contributed by atoms with van der Waals surface area (Å²) in [6, 6.07) is 7.32. The molecule has 2 rings (SSSR count). The number of amides is 2. The van der Waals surface area contributed by atoms with Crippen LogP contribution in [0.15, 0.2) is 24.3 Å². The highest BCUT2D eigenvalue weighted by Crippen LogP contribution is 2.20. The van der Waals surface area contributed by atoms with Crippen LogP contribution < -0.4 is 5.32 Å². The fourth-order valence-corrected chi connectivity index (χ4v) is 2.86. The molecule has 2 amide bonds. The lowest BCUT2D eigenvalue weighted by molar-refractivity contribution is -0.127. The maximum atomic E-state index is 12.5. The van der Waals surface area contributed by atoms with Gasteiger partial charge in [0.25, 0.3) is 0 Å². The van der Waals surface area contributed by atoms with Crippen LogP contribution >= 0.6 is 11.6 Å². The predicted molar refractivity (Wildman–Crippen MR) is 89.3 cm³/mol. The van der Waals surface area contributed by atoms with Gasteiger partial charge >= 0.3 is 6.09 Å². The van der Waals surface area contributed by atoms with Gasteiger partial charge in [-0.05, 0) is 44.4 Å². The number of hydrogen-bond donors (Lipinski definition) is 1. The summed E-state index contributed by atoms with van der Waals surface area (Å²) in [6.07, 6.45) is 1.26. The van der Waals surface area contributed by atoms with Gasteiger partial charge in [0.2, 0.25) is 5.91 Å². The summed E-state index contributed by atoms with van der Waals surface area (Å²) < 4.78 is 5.01. The number of rotatable bonds is 4. The molecular weight excluding hydrogens is 316 g/mol. The first-order valence-corrected chi connectivity index (χ1v) is 8.36. The number of nitrogens with one attached hydrogen (secondary N) is 1. The topological polar surface area (TPSA) is 58.6 Å². The van der Waals surface area contributed by atoms with Crippen LogP contribution in [0, 0.1) is 5.92 Å². The number of likely N-dealkylation sites (tertiary alicyclic amines) is 1. The van der Waals surface area contributed by atoms with Gasteiger partial charge < -0.3 is 15.0 Å². The van der Waals surface area contributed by atoms with Crippen molar-refractivity contribution in [3.05, 3.63) is 34.9 Å². The quantitative estimate of drug-likeness (QED) is 0.915. The first kappa shape index (κ1) is 17.6. The fraction of sp³-hybridized carbons (Fsp3) is 0.529. The van der Waals surface area contributed by atoms with Crippen LogP contribution in [0.1, 0.15) is 38.3 Å². The van der Waals surface area contributed by atoms with Crippen molar-refractivity contribution < 1.29 is 14.3 Å². The normalized spacial score (nSPS) is 19.1. The molecule has 0 radical (unpaired) electrons. The summed E-state index contributed by atoms with van der Waals surface area (Å²) in [5.74, 6) is -0.218. The van der Waals surface area contributed by atoms with E-state index in [0.29, 0.717) is 24.7 Å². The molecule has 1 aliphatic heterocycles. The van der Waals surface area contributed by atoms with Crippen molar-refractivity contribution in [2.24, 2.45) is 5.92 Å². The van der Waals surface area contributed by atoms with Crippen molar-refractivity contribution in [1.29, 1.82) is 0 Å². The average molecular weight is 339 g/mol. The highest BCUT2D eigenvalue weighted by Gasteiger charge is 2.29. The highest BCUT2D eigenvalue weighted by molar-refractivity contribution is 6.30. The van der Waals surface area contributed by atoms with Gasteiger partial charge in [-0.3, -0.25) is 4.79 Å². The van der Waals surface area contributed by atoms with E-state index >= 15 is 0 Å². The molecule has 0 saturated carbocycles. The van der Waals surface area contributed by atoms with E-state index in [-0.39, 0.29) is 24.0 Å². The zero-order valence-electron chi connectivity index (χ0n) is 13.5. The first-order valence-electron chi connectivity index (χ1n) is 7.98. The van der Waals surface area contributed by atoms with Gasteiger partial charge in [-0.15, -0.1) is 0 Å². The number of ether oxygens (including phenoxy) is 1. The third kappa shape index (κ3) is 4.86. The Balaban J connectivity index is 1.91. The first-order chi connectivity index (χ1) is 11.0. The number of hydrogen-bond acceptors (Lipinski definition) is 3. The van der Waals surface area contributed by atoms with Crippen LogP contribution in [-0.2, 0) is 9.53 Å². The van der Waals surface area contributed by atoms with Crippen molar-refractivity contribution in [1.82, 2.24) is 10.2 Å². The molecule has 0 aliphatic carbocycles. The second-order valence-corrected chi connectivity index (χ2v) is 6.20. The Kier molecular flexibility index (Phi) is 6.28. The molecule has 1 aliphatic rings. The SMILES string of the molecule is CCOC(=O)N1CCCC(C(=O)NC(C)c2ccc(Cl)cc2)C1. The van der Waals surface area contributed by atoms with E-state index in [1.807, 2.05) is 31.2 Å². The molecule has 0 spiro atoms. The summed E-state index contributed by atoms with van der Waals surface area (Å²) >= 11 is 5.88. The van der Waals surface area contributed by atoms with E-state index in [0.717, 1.165) is 18.4 Å². The van der Waals surface area contributed by atoms with E-state index in [1.165, 1.54) is 0 Å². The largest absolute Gasteiger partial charge is 0.450 e. The van der Waals surface area contributed by atoms with E-state index in [1.54, 1.807) is 11.8 Å². The number of nitrogens with zero attached hydrogens (tertiary/aromatic N) is 1. The van der Waals surface area contributed by atoms with Gasteiger partial charge in [-0.25, -0.2) is 4.79 Å². The summed E-state index contributed by atoms with van der Waals surface area (Å²) in [6.45, 7) is 5.13.